The third kappa shape index (κ3) is 5.21. The Kier molecular flexibility index (Phi) is 7.27. The Morgan fingerprint density at radius 3 is 2.29 bits per heavy atom. The molecular formula is C23H20N2O8S. The van der Waals surface area contributed by atoms with Gasteiger partial charge in [-0.2, -0.15) is 0 Å². The van der Waals surface area contributed by atoms with E-state index in [1.807, 2.05) is 0 Å². The molecule has 1 heterocycles. The van der Waals surface area contributed by atoms with Crippen molar-refractivity contribution in [3.05, 3.63) is 99.9 Å². The molecule has 0 fully saturated rings. The Hall–Kier alpha value is -4.25. The molecule has 10 nitrogen and oxygen atoms in total. The smallest absolute Gasteiger partial charge is 0.355 e. The lowest BCUT2D eigenvalue weighted by Gasteiger charge is -2.23. The molecule has 0 N–H and O–H groups in total. The van der Waals surface area contributed by atoms with Gasteiger partial charge in [0.1, 0.15) is 5.70 Å². The molecule has 2 aromatic rings. The minimum absolute atomic E-state index is 0.0393. The number of nitrogens with zero attached hydrogens (tertiary/aromatic N) is 2. The fraction of sp³-hybridized carbons (Fsp3) is 0.130. The van der Waals surface area contributed by atoms with E-state index in [0.29, 0.717) is 5.56 Å². The number of anilines is 1. The first-order valence-electron chi connectivity index (χ1n) is 9.79. The van der Waals surface area contributed by atoms with E-state index in [2.05, 4.69) is 0 Å². The van der Waals surface area contributed by atoms with E-state index in [9.17, 15) is 28.1 Å². The Morgan fingerprint density at radius 1 is 1.00 bits per heavy atom. The zero-order chi connectivity index (χ0) is 24.9. The molecule has 0 saturated heterocycles. The molecule has 1 aliphatic rings. The number of hydrogen-bond donors (Lipinski definition) is 0. The van der Waals surface area contributed by atoms with Gasteiger partial charge in [0.2, 0.25) is 0 Å². The summed E-state index contributed by atoms with van der Waals surface area (Å²) in [6.45, 7) is 0. The molecular weight excluding hydrogens is 464 g/mol. The fourth-order valence-corrected chi connectivity index (χ4v) is 4.63. The Bertz CT molecular complexity index is 1330. The van der Waals surface area contributed by atoms with E-state index in [-0.39, 0.29) is 27.6 Å². The van der Waals surface area contributed by atoms with Crippen LogP contribution in [0.2, 0.25) is 0 Å². The summed E-state index contributed by atoms with van der Waals surface area (Å²) in [6, 6.07) is 11.6. The largest absolute Gasteiger partial charge is 0.465 e. The molecule has 34 heavy (non-hydrogen) atoms. The summed E-state index contributed by atoms with van der Waals surface area (Å²) in [5.74, 6) is -2.18. The molecule has 0 saturated carbocycles. The van der Waals surface area contributed by atoms with Gasteiger partial charge in [0, 0.05) is 18.3 Å². The predicted octanol–water partition coefficient (Wildman–Crippen LogP) is 3.06. The average molecular weight is 484 g/mol. The van der Waals surface area contributed by atoms with Gasteiger partial charge in [0.25, 0.3) is 5.69 Å². The molecule has 2 aromatic carbocycles. The molecule has 3 rings (SSSR count). The summed E-state index contributed by atoms with van der Waals surface area (Å²) in [5.41, 5.74) is -0.537. The van der Waals surface area contributed by atoms with Crippen molar-refractivity contribution in [1.29, 1.82) is 0 Å². The standard InChI is InChI=1S/C23H20N2O8S/c1-32-22(26)20-10-6-7-11-24(21(20)23(27)33-2)17-12-18(25(28)29)14-19(13-17)34(30,31)15-16-8-4-3-5-9-16/h3-14H,15H2,1-2H3. The molecule has 0 unspecified atom stereocenters. The van der Waals surface area contributed by atoms with Gasteiger partial charge in [-0.05, 0) is 23.8 Å². The van der Waals surface area contributed by atoms with E-state index in [0.717, 1.165) is 31.3 Å². The number of nitro benzene ring substituents is 1. The second-order valence-corrected chi connectivity index (χ2v) is 8.99. The summed E-state index contributed by atoms with van der Waals surface area (Å²) in [5, 5.41) is 11.6. The number of carbonyl (C=O) groups excluding carboxylic acids is 2. The first-order valence-corrected chi connectivity index (χ1v) is 11.4. The van der Waals surface area contributed by atoms with Crippen LogP contribution >= 0.6 is 0 Å². The summed E-state index contributed by atoms with van der Waals surface area (Å²) in [7, 11) is -1.78. The number of non-ortho nitro benzene ring substituents is 1. The van der Waals surface area contributed by atoms with Crippen LogP contribution in [0.25, 0.3) is 0 Å². The SMILES string of the molecule is COC(=O)C1=C(C(=O)OC)N(c2cc([N+](=O)[O-])cc(S(=O)(=O)Cc3ccccc3)c2)C=CC=C1. The van der Waals surface area contributed by atoms with Gasteiger partial charge >= 0.3 is 11.9 Å². The second kappa shape index (κ2) is 10.1. The minimum Gasteiger partial charge on any atom is -0.465 e. The van der Waals surface area contributed by atoms with Crippen molar-refractivity contribution in [3.8, 4) is 0 Å². The van der Waals surface area contributed by atoms with Gasteiger partial charge in [-0.1, -0.05) is 36.4 Å². The molecule has 0 amide bonds. The highest BCUT2D eigenvalue weighted by atomic mass is 32.2. The molecule has 0 atom stereocenters. The van der Waals surface area contributed by atoms with Gasteiger partial charge in [-0.3, -0.25) is 10.1 Å². The van der Waals surface area contributed by atoms with Gasteiger partial charge in [0.05, 0.1) is 41.1 Å². The zero-order valence-corrected chi connectivity index (χ0v) is 19.0. The van der Waals surface area contributed by atoms with Crippen LogP contribution in [0.15, 0.2) is 89.1 Å². The maximum absolute atomic E-state index is 13.1. The minimum atomic E-state index is -4.01. The topological polar surface area (TPSA) is 133 Å². The number of nitro groups is 1. The van der Waals surface area contributed by atoms with Crippen molar-refractivity contribution in [2.45, 2.75) is 10.6 Å². The van der Waals surface area contributed by atoms with Crippen LogP contribution in [-0.2, 0) is 34.7 Å². The zero-order valence-electron chi connectivity index (χ0n) is 18.2. The highest BCUT2D eigenvalue weighted by Gasteiger charge is 2.30. The summed E-state index contributed by atoms with van der Waals surface area (Å²) in [4.78, 5) is 36.7. The van der Waals surface area contributed by atoms with Crippen LogP contribution in [-0.4, -0.2) is 39.5 Å². The van der Waals surface area contributed by atoms with Crippen LogP contribution < -0.4 is 4.90 Å². The van der Waals surface area contributed by atoms with Crippen LogP contribution in [0, 0.1) is 10.1 Å². The van der Waals surface area contributed by atoms with Crippen molar-refractivity contribution in [3.63, 3.8) is 0 Å². The quantitative estimate of drug-likeness (QED) is 0.330. The molecule has 0 radical (unpaired) electrons. The predicted molar refractivity (Wildman–Crippen MR) is 122 cm³/mol. The Labute approximate surface area is 195 Å². The number of rotatable bonds is 7. The number of carbonyl (C=O) groups is 2. The average Bonchev–Trinajstić information content (AvgIpc) is 3.06. The van der Waals surface area contributed by atoms with Gasteiger partial charge < -0.3 is 14.4 Å². The molecule has 11 heteroatoms. The number of methoxy groups -OCH3 is 2. The summed E-state index contributed by atoms with van der Waals surface area (Å²) in [6.07, 6.45) is 5.60. The van der Waals surface area contributed by atoms with Crippen LogP contribution in [0.5, 0.6) is 0 Å². The van der Waals surface area contributed by atoms with Crippen molar-refractivity contribution < 1.29 is 32.4 Å². The number of benzene rings is 2. The third-order valence-corrected chi connectivity index (χ3v) is 6.48. The van der Waals surface area contributed by atoms with Gasteiger partial charge in [-0.15, -0.1) is 0 Å². The number of allylic oxidation sites excluding steroid dienone is 2. The molecule has 1 aliphatic heterocycles. The summed E-state index contributed by atoms with van der Waals surface area (Å²) >= 11 is 0. The third-order valence-electron chi connectivity index (χ3n) is 4.81. The number of ether oxygens (including phenoxy) is 2. The Balaban J connectivity index is 2.22. The van der Waals surface area contributed by atoms with Crippen LogP contribution in [0.1, 0.15) is 5.56 Å². The normalized spacial score (nSPS) is 13.4. The first-order chi connectivity index (χ1) is 16.2. The molecule has 0 bridgehead atoms. The highest BCUT2D eigenvalue weighted by molar-refractivity contribution is 7.90. The lowest BCUT2D eigenvalue weighted by atomic mass is 10.1. The maximum Gasteiger partial charge on any atom is 0.355 e. The van der Waals surface area contributed by atoms with Crippen molar-refractivity contribution in [2.75, 3.05) is 19.1 Å². The number of sulfone groups is 1. The lowest BCUT2D eigenvalue weighted by Crippen LogP contribution is -2.27. The van der Waals surface area contributed by atoms with Crippen molar-refractivity contribution >= 4 is 33.2 Å². The fourth-order valence-electron chi connectivity index (χ4n) is 3.23. The first kappa shape index (κ1) is 24.4. The molecule has 0 aromatic heterocycles. The van der Waals surface area contributed by atoms with E-state index in [1.54, 1.807) is 30.3 Å². The van der Waals surface area contributed by atoms with Crippen LogP contribution in [0.3, 0.4) is 0 Å². The van der Waals surface area contributed by atoms with E-state index < -0.39 is 32.4 Å². The molecule has 0 aliphatic carbocycles. The monoisotopic (exact) mass is 484 g/mol. The van der Waals surface area contributed by atoms with Crippen molar-refractivity contribution in [1.82, 2.24) is 0 Å². The lowest BCUT2D eigenvalue weighted by molar-refractivity contribution is -0.385. The van der Waals surface area contributed by atoms with E-state index in [1.165, 1.54) is 30.5 Å². The molecule has 176 valence electrons. The Morgan fingerprint density at radius 2 is 1.68 bits per heavy atom. The number of esters is 2. The highest BCUT2D eigenvalue weighted by Crippen LogP contribution is 2.33. The second-order valence-electron chi connectivity index (χ2n) is 7.00. The van der Waals surface area contributed by atoms with E-state index >= 15 is 0 Å². The van der Waals surface area contributed by atoms with Gasteiger partial charge in [-0.25, -0.2) is 18.0 Å². The maximum atomic E-state index is 13.1. The summed E-state index contributed by atoms with van der Waals surface area (Å²) < 4.78 is 35.8. The number of hydrogen-bond acceptors (Lipinski definition) is 9. The molecule has 0 spiro atoms. The van der Waals surface area contributed by atoms with Crippen molar-refractivity contribution in [2.24, 2.45) is 0 Å². The van der Waals surface area contributed by atoms with Crippen LogP contribution in [0.4, 0.5) is 11.4 Å². The van der Waals surface area contributed by atoms with E-state index in [4.69, 9.17) is 9.47 Å². The van der Waals surface area contributed by atoms with Gasteiger partial charge in [0.15, 0.2) is 9.84 Å².